The van der Waals surface area contributed by atoms with E-state index in [-0.39, 0.29) is 11.7 Å². The predicted molar refractivity (Wildman–Crippen MR) is 43.9 cm³/mol. The number of hydrogen-bond acceptors (Lipinski definition) is 3. The molecule has 0 N–H and O–H groups in total. The predicted octanol–water partition coefficient (Wildman–Crippen LogP) is 2.67. The normalized spacial score (nSPS) is 12.2. The Morgan fingerprint density at radius 3 is 2.14 bits per heavy atom. The molecule has 0 aliphatic carbocycles. The first-order chi connectivity index (χ1) is 6.30. The van der Waals surface area contributed by atoms with E-state index in [1.807, 2.05) is 0 Å². The van der Waals surface area contributed by atoms with Crippen molar-refractivity contribution in [3.8, 4) is 0 Å². The molecule has 1 rings (SSSR count). The van der Waals surface area contributed by atoms with Gasteiger partial charge in [0, 0.05) is 5.92 Å². The van der Waals surface area contributed by atoms with Crippen LogP contribution in [0.25, 0.3) is 0 Å². The van der Waals surface area contributed by atoms with Crippen molar-refractivity contribution in [3.63, 3.8) is 0 Å². The van der Waals surface area contributed by atoms with Crippen LogP contribution >= 0.6 is 11.6 Å². The Morgan fingerprint density at radius 2 is 1.71 bits per heavy atom. The Hall–Kier alpha value is -0.910. The van der Waals surface area contributed by atoms with Crippen molar-refractivity contribution in [3.05, 3.63) is 16.9 Å². The molecule has 0 saturated carbocycles. The van der Waals surface area contributed by atoms with Crippen LogP contribution in [-0.4, -0.2) is 15.0 Å². The maximum absolute atomic E-state index is 12.2. The van der Waals surface area contributed by atoms with Crippen LogP contribution in [0.1, 0.15) is 31.4 Å². The largest absolute Gasteiger partial charge is 0.451 e. The molecule has 0 amide bonds. The first-order valence-electron chi connectivity index (χ1n) is 3.79. The summed E-state index contributed by atoms with van der Waals surface area (Å²) in [7, 11) is 0. The lowest BCUT2D eigenvalue weighted by atomic mass is 10.2. The zero-order chi connectivity index (χ0) is 10.9. The molecule has 0 aliphatic heterocycles. The fraction of sp³-hybridized carbons (Fsp3) is 0.571. The third kappa shape index (κ3) is 2.54. The second kappa shape index (κ2) is 3.68. The Kier molecular flexibility index (Phi) is 2.94. The van der Waals surface area contributed by atoms with Crippen LogP contribution in [0.4, 0.5) is 13.2 Å². The van der Waals surface area contributed by atoms with Gasteiger partial charge in [0.2, 0.25) is 11.1 Å². The first-order valence-corrected chi connectivity index (χ1v) is 4.17. The van der Waals surface area contributed by atoms with Gasteiger partial charge in [0.1, 0.15) is 5.82 Å². The number of rotatable bonds is 1. The highest BCUT2D eigenvalue weighted by Crippen LogP contribution is 2.27. The standard InChI is InChI=1S/C7H7ClF3N3/c1-3(2)4-12-5(7(9,10)11)14-6(8)13-4/h3H,1-2H3. The van der Waals surface area contributed by atoms with E-state index in [1.165, 1.54) is 0 Å². The van der Waals surface area contributed by atoms with Gasteiger partial charge in [-0.05, 0) is 11.6 Å². The van der Waals surface area contributed by atoms with Crippen molar-refractivity contribution in [1.29, 1.82) is 0 Å². The van der Waals surface area contributed by atoms with Crippen LogP contribution in [0.3, 0.4) is 0 Å². The lowest BCUT2D eigenvalue weighted by Crippen LogP contribution is -2.14. The van der Waals surface area contributed by atoms with Crippen molar-refractivity contribution in [2.45, 2.75) is 25.9 Å². The monoisotopic (exact) mass is 225 g/mol. The van der Waals surface area contributed by atoms with Crippen LogP contribution in [-0.2, 0) is 6.18 Å². The Morgan fingerprint density at radius 1 is 1.14 bits per heavy atom. The highest BCUT2D eigenvalue weighted by atomic mass is 35.5. The highest BCUT2D eigenvalue weighted by molar-refractivity contribution is 6.28. The molecule has 1 aromatic heterocycles. The number of nitrogens with zero attached hydrogens (tertiary/aromatic N) is 3. The Bertz CT molecular complexity index is 337. The molecule has 1 heterocycles. The number of hydrogen-bond donors (Lipinski definition) is 0. The second-order valence-corrected chi connectivity index (χ2v) is 3.28. The molecule has 7 heteroatoms. The topological polar surface area (TPSA) is 38.7 Å². The lowest BCUT2D eigenvalue weighted by Gasteiger charge is -2.08. The molecule has 0 unspecified atom stereocenters. The summed E-state index contributed by atoms with van der Waals surface area (Å²) in [6.07, 6.45) is -4.59. The summed E-state index contributed by atoms with van der Waals surface area (Å²) in [5, 5.41) is -0.434. The molecule has 3 nitrogen and oxygen atoms in total. The summed E-state index contributed by atoms with van der Waals surface area (Å²) < 4.78 is 36.6. The van der Waals surface area contributed by atoms with E-state index in [4.69, 9.17) is 11.6 Å². The van der Waals surface area contributed by atoms with E-state index in [0.29, 0.717) is 0 Å². The molecule has 0 saturated heterocycles. The SMILES string of the molecule is CC(C)c1nc(Cl)nc(C(F)(F)F)n1. The van der Waals surface area contributed by atoms with Crippen LogP contribution in [0.15, 0.2) is 0 Å². The molecule has 0 fully saturated rings. The summed E-state index contributed by atoms with van der Waals surface area (Å²) in [5.41, 5.74) is 0. The molecule has 0 aliphatic rings. The van der Waals surface area contributed by atoms with Crippen LogP contribution < -0.4 is 0 Å². The molecule has 0 atom stereocenters. The fourth-order valence-corrected chi connectivity index (χ4v) is 0.917. The number of aromatic nitrogens is 3. The Labute approximate surface area is 83.3 Å². The van der Waals surface area contributed by atoms with Crippen LogP contribution in [0.5, 0.6) is 0 Å². The third-order valence-electron chi connectivity index (χ3n) is 1.40. The minimum absolute atomic E-state index is 0.0392. The summed E-state index contributed by atoms with van der Waals surface area (Å²) in [6.45, 7) is 3.34. The van der Waals surface area contributed by atoms with E-state index in [1.54, 1.807) is 13.8 Å². The molecular weight excluding hydrogens is 219 g/mol. The van der Waals surface area contributed by atoms with Gasteiger partial charge >= 0.3 is 6.18 Å². The zero-order valence-corrected chi connectivity index (χ0v) is 8.19. The van der Waals surface area contributed by atoms with Crippen molar-refractivity contribution in [1.82, 2.24) is 15.0 Å². The fourth-order valence-electron chi connectivity index (χ4n) is 0.750. The van der Waals surface area contributed by atoms with E-state index < -0.39 is 17.3 Å². The van der Waals surface area contributed by atoms with E-state index in [0.717, 1.165) is 0 Å². The highest BCUT2D eigenvalue weighted by Gasteiger charge is 2.35. The van der Waals surface area contributed by atoms with Crippen LogP contribution in [0, 0.1) is 0 Å². The van der Waals surface area contributed by atoms with Gasteiger partial charge in [0.25, 0.3) is 0 Å². The lowest BCUT2D eigenvalue weighted by molar-refractivity contribution is -0.145. The average molecular weight is 226 g/mol. The quantitative estimate of drug-likeness (QED) is 0.738. The van der Waals surface area contributed by atoms with Gasteiger partial charge in [0.05, 0.1) is 0 Å². The van der Waals surface area contributed by atoms with E-state index in [9.17, 15) is 13.2 Å². The summed E-state index contributed by atoms with van der Waals surface area (Å²) in [6, 6.07) is 0. The van der Waals surface area contributed by atoms with Gasteiger partial charge in [-0.3, -0.25) is 0 Å². The minimum atomic E-state index is -4.59. The van der Waals surface area contributed by atoms with Crippen molar-refractivity contribution < 1.29 is 13.2 Å². The maximum Gasteiger partial charge on any atom is 0.451 e. The zero-order valence-electron chi connectivity index (χ0n) is 7.43. The first kappa shape index (κ1) is 11.2. The summed E-state index contributed by atoms with van der Waals surface area (Å²) >= 11 is 5.34. The molecule has 14 heavy (non-hydrogen) atoms. The van der Waals surface area contributed by atoms with Gasteiger partial charge in [0.15, 0.2) is 0 Å². The molecule has 0 aromatic carbocycles. The van der Waals surface area contributed by atoms with Gasteiger partial charge < -0.3 is 0 Å². The number of halogens is 4. The smallest absolute Gasteiger partial charge is 0.209 e. The molecule has 0 spiro atoms. The third-order valence-corrected chi connectivity index (χ3v) is 1.56. The molecular formula is C7H7ClF3N3. The van der Waals surface area contributed by atoms with E-state index in [2.05, 4.69) is 15.0 Å². The van der Waals surface area contributed by atoms with Gasteiger partial charge in [-0.25, -0.2) is 9.97 Å². The van der Waals surface area contributed by atoms with Crippen molar-refractivity contribution in [2.24, 2.45) is 0 Å². The van der Waals surface area contributed by atoms with E-state index >= 15 is 0 Å². The number of alkyl halides is 3. The molecule has 0 bridgehead atoms. The Balaban J connectivity index is 3.21. The van der Waals surface area contributed by atoms with Crippen molar-refractivity contribution >= 4 is 11.6 Å². The summed E-state index contributed by atoms with van der Waals surface area (Å²) in [4.78, 5) is 9.87. The summed E-state index contributed by atoms with van der Waals surface area (Å²) in [5.74, 6) is -1.44. The van der Waals surface area contributed by atoms with Crippen molar-refractivity contribution in [2.75, 3.05) is 0 Å². The van der Waals surface area contributed by atoms with Crippen LogP contribution in [0.2, 0.25) is 5.28 Å². The average Bonchev–Trinajstić information content (AvgIpc) is 2.01. The molecule has 1 aromatic rings. The molecule has 0 radical (unpaired) electrons. The van der Waals surface area contributed by atoms with Gasteiger partial charge in [-0.2, -0.15) is 18.2 Å². The maximum atomic E-state index is 12.2. The second-order valence-electron chi connectivity index (χ2n) is 2.94. The minimum Gasteiger partial charge on any atom is -0.209 e. The van der Waals surface area contributed by atoms with Gasteiger partial charge in [-0.15, -0.1) is 0 Å². The molecule has 78 valence electrons. The van der Waals surface area contributed by atoms with Gasteiger partial charge in [-0.1, -0.05) is 13.8 Å².